The normalized spacial score (nSPS) is 14.6. The highest BCUT2D eigenvalue weighted by Crippen LogP contribution is 2.31. The van der Waals surface area contributed by atoms with Crippen molar-refractivity contribution in [1.29, 1.82) is 0 Å². The van der Waals surface area contributed by atoms with Crippen molar-refractivity contribution in [3.8, 4) is 17.1 Å². The van der Waals surface area contributed by atoms with Gasteiger partial charge in [0.25, 0.3) is 5.91 Å². The van der Waals surface area contributed by atoms with Crippen LogP contribution in [0.25, 0.3) is 22.3 Å². The van der Waals surface area contributed by atoms with Gasteiger partial charge in [0.2, 0.25) is 11.2 Å². The molecular formula is C25H27NO4. The summed E-state index contributed by atoms with van der Waals surface area (Å²) in [7, 11) is 0. The van der Waals surface area contributed by atoms with E-state index in [1.807, 2.05) is 50.2 Å². The van der Waals surface area contributed by atoms with Crippen LogP contribution in [0, 0.1) is 13.8 Å². The highest BCUT2D eigenvalue weighted by molar-refractivity contribution is 5.83. The van der Waals surface area contributed by atoms with Crippen molar-refractivity contribution in [2.75, 3.05) is 6.61 Å². The van der Waals surface area contributed by atoms with Crippen molar-refractivity contribution in [2.24, 2.45) is 0 Å². The van der Waals surface area contributed by atoms with E-state index in [-0.39, 0.29) is 29.7 Å². The van der Waals surface area contributed by atoms with E-state index in [9.17, 15) is 9.59 Å². The van der Waals surface area contributed by atoms with E-state index in [1.54, 1.807) is 6.07 Å². The summed E-state index contributed by atoms with van der Waals surface area (Å²) in [6.45, 7) is 3.74. The number of rotatable bonds is 5. The van der Waals surface area contributed by atoms with Crippen molar-refractivity contribution in [1.82, 2.24) is 5.32 Å². The fraction of sp³-hybridized carbons (Fsp3) is 0.360. The van der Waals surface area contributed by atoms with Crippen molar-refractivity contribution in [3.05, 3.63) is 63.8 Å². The van der Waals surface area contributed by atoms with Gasteiger partial charge in [-0.25, -0.2) is 0 Å². The van der Waals surface area contributed by atoms with E-state index < -0.39 is 0 Å². The number of aryl methyl sites for hydroxylation is 2. The van der Waals surface area contributed by atoms with Gasteiger partial charge in [0.05, 0.1) is 5.39 Å². The summed E-state index contributed by atoms with van der Waals surface area (Å²) in [5, 5.41) is 3.47. The number of hydrogen-bond donors (Lipinski definition) is 1. The maximum atomic E-state index is 13.2. The number of amides is 1. The maximum Gasteiger partial charge on any atom is 0.258 e. The molecule has 0 saturated heterocycles. The number of benzene rings is 2. The summed E-state index contributed by atoms with van der Waals surface area (Å²) in [6, 6.07) is 13.3. The molecule has 0 radical (unpaired) electrons. The third-order valence-corrected chi connectivity index (χ3v) is 5.64. The van der Waals surface area contributed by atoms with Crippen LogP contribution < -0.4 is 15.5 Å². The monoisotopic (exact) mass is 405 g/mol. The molecule has 0 atom stereocenters. The predicted molar refractivity (Wildman–Crippen MR) is 118 cm³/mol. The number of ether oxygens (including phenoxy) is 1. The molecule has 0 unspecified atom stereocenters. The quantitative estimate of drug-likeness (QED) is 0.655. The van der Waals surface area contributed by atoms with E-state index in [1.165, 1.54) is 6.42 Å². The Bertz CT molecular complexity index is 1110. The standard InChI is InChI=1S/C25H27NO4/c1-16-8-11-18(12-9-16)24-25(23(28)20-13-10-17(2)14-21(20)30-24)29-15-22(27)26-19-6-4-3-5-7-19/h8-14,19H,3-7,15H2,1-2H3,(H,26,27). The minimum absolute atomic E-state index is 0.0778. The fourth-order valence-corrected chi connectivity index (χ4v) is 3.96. The highest BCUT2D eigenvalue weighted by atomic mass is 16.5. The summed E-state index contributed by atoms with van der Waals surface area (Å²) in [5.74, 6) is 0.220. The second-order valence-electron chi connectivity index (χ2n) is 8.15. The molecule has 0 bridgehead atoms. The minimum atomic E-state index is -0.266. The fourth-order valence-electron chi connectivity index (χ4n) is 3.96. The van der Waals surface area contributed by atoms with Crippen molar-refractivity contribution in [3.63, 3.8) is 0 Å². The van der Waals surface area contributed by atoms with Gasteiger partial charge in [0.1, 0.15) is 5.58 Å². The average Bonchev–Trinajstić information content (AvgIpc) is 2.74. The molecule has 0 aliphatic heterocycles. The molecule has 1 fully saturated rings. The van der Waals surface area contributed by atoms with E-state index in [2.05, 4.69) is 5.32 Å². The summed E-state index contributed by atoms with van der Waals surface area (Å²) >= 11 is 0. The first-order chi connectivity index (χ1) is 14.5. The summed E-state index contributed by atoms with van der Waals surface area (Å²) in [6.07, 6.45) is 5.49. The molecule has 1 N–H and O–H groups in total. The zero-order chi connectivity index (χ0) is 21.1. The molecule has 1 amide bonds. The molecule has 30 heavy (non-hydrogen) atoms. The van der Waals surface area contributed by atoms with Gasteiger partial charge in [-0.15, -0.1) is 0 Å². The lowest BCUT2D eigenvalue weighted by Gasteiger charge is -2.22. The SMILES string of the molecule is Cc1ccc(-c2oc3cc(C)ccc3c(=O)c2OCC(=O)NC2CCCCC2)cc1. The Morgan fingerprint density at radius 1 is 1.03 bits per heavy atom. The van der Waals surface area contributed by atoms with Crippen LogP contribution in [0.4, 0.5) is 0 Å². The van der Waals surface area contributed by atoms with E-state index in [0.717, 1.165) is 42.4 Å². The Morgan fingerprint density at radius 2 is 1.73 bits per heavy atom. The highest BCUT2D eigenvalue weighted by Gasteiger charge is 2.20. The van der Waals surface area contributed by atoms with Gasteiger partial charge >= 0.3 is 0 Å². The van der Waals surface area contributed by atoms with E-state index in [0.29, 0.717) is 16.7 Å². The van der Waals surface area contributed by atoms with Crippen LogP contribution in [0.5, 0.6) is 5.75 Å². The molecule has 0 spiro atoms. The van der Waals surface area contributed by atoms with Gasteiger partial charge in [0.15, 0.2) is 12.4 Å². The number of carbonyl (C=O) groups excluding carboxylic acids is 1. The molecular weight excluding hydrogens is 378 g/mol. The van der Waals surface area contributed by atoms with Gasteiger partial charge in [-0.1, -0.05) is 55.2 Å². The molecule has 4 rings (SSSR count). The molecule has 3 aromatic rings. The lowest BCUT2D eigenvalue weighted by Crippen LogP contribution is -2.39. The van der Waals surface area contributed by atoms with E-state index in [4.69, 9.17) is 9.15 Å². The Balaban J connectivity index is 1.66. The Labute approximate surface area is 176 Å². The number of carbonyl (C=O) groups is 1. The molecule has 1 aliphatic carbocycles. The first-order valence-electron chi connectivity index (χ1n) is 10.6. The molecule has 5 nitrogen and oxygen atoms in total. The van der Waals surface area contributed by atoms with Crippen molar-refractivity contribution < 1.29 is 13.9 Å². The Morgan fingerprint density at radius 3 is 2.47 bits per heavy atom. The molecule has 1 aromatic heterocycles. The van der Waals surface area contributed by atoms with Gasteiger partial charge in [-0.05, 0) is 44.4 Å². The number of fused-ring (bicyclic) bond motifs is 1. The zero-order valence-corrected chi connectivity index (χ0v) is 17.5. The molecule has 1 saturated carbocycles. The van der Waals surface area contributed by atoms with Crippen LogP contribution in [0.2, 0.25) is 0 Å². The van der Waals surface area contributed by atoms with Gasteiger partial charge < -0.3 is 14.5 Å². The Hall–Kier alpha value is -3.08. The third-order valence-electron chi connectivity index (χ3n) is 5.64. The van der Waals surface area contributed by atoms with Gasteiger partial charge in [0, 0.05) is 11.6 Å². The lowest BCUT2D eigenvalue weighted by atomic mass is 9.95. The number of hydrogen-bond acceptors (Lipinski definition) is 4. The zero-order valence-electron chi connectivity index (χ0n) is 17.5. The van der Waals surface area contributed by atoms with E-state index >= 15 is 0 Å². The maximum absolute atomic E-state index is 13.2. The third kappa shape index (κ3) is 4.40. The van der Waals surface area contributed by atoms with Crippen LogP contribution in [0.3, 0.4) is 0 Å². The van der Waals surface area contributed by atoms with Crippen LogP contribution in [0.1, 0.15) is 43.2 Å². The summed E-state index contributed by atoms with van der Waals surface area (Å²) in [5.41, 5.74) is 3.09. The molecule has 1 heterocycles. The van der Waals surface area contributed by atoms with Crippen LogP contribution in [0.15, 0.2) is 51.7 Å². The summed E-state index contributed by atoms with van der Waals surface area (Å²) in [4.78, 5) is 25.6. The average molecular weight is 405 g/mol. The Kier molecular flexibility index (Phi) is 5.88. The summed E-state index contributed by atoms with van der Waals surface area (Å²) < 4.78 is 11.9. The second-order valence-corrected chi connectivity index (χ2v) is 8.15. The molecule has 1 aliphatic rings. The van der Waals surface area contributed by atoms with Crippen molar-refractivity contribution in [2.45, 2.75) is 52.0 Å². The van der Waals surface area contributed by atoms with Crippen LogP contribution >= 0.6 is 0 Å². The molecule has 5 heteroatoms. The molecule has 156 valence electrons. The lowest BCUT2D eigenvalue weighted by molar-refractivity contribution is -0.124. The smallest absolute Gasteiger partial charge is 0.258 e. The number of nitrogens with one attached hydrogen (secondary N) is 1. The van der Waals surface area contributed by atoms with Crippen LogP contribution in [-0.2, 0) is 4.79 Å². The predicted octanol–water partition coefficient (Wildman–Crippen LogP) is 4.90. The second kappa shape index (κ2) is 8.74. The minimum Gasteiger partial charge on any atom is -0.476 e. The molecule has 2 aromatic carbocycles. The van der Waals surface area contributed by atoms with Crippen LogP contribution in [-0.4, -0.2) is 18.6 Å². The van der Waals surface area contributed by atoms with Gasteiger partial charge in [-0.3, -0.25) is 9.59 Å². The van der Waals surface area contributed by atoms with Gasteiger partial charge in [-0.2, -0.15) is 0 Å². The first kappa shape index (κ1) is 20.2. The first-order valence-corrected chi connectivity index (χ1v) is 10.6. The largest absolute Gasteiger partial charge is 0.476 e. The van der Waals surface area contributed by atoms with Crippen molar-refractivity contribution >= 4 is 16.9 Å². The topological polar surface area (TPSA) is 68.5 Å².